The molecule has 2 rings (SSSR count). The number of esters is 2. The third-order valence-electron chi connectivity index (χ3n) is 3.09. The van der Waals surface area contributed by atoms with E-state index in [9.17, 15) is 9.59 Å². The van der Waals surface area contributed by atoms with Gasteiger partial charge in [-0.1, -0.05) is 13.0 Å². The SMILES string of the molecule is CCCOc1ccc(C(=O)Oc2cccc(C(=O)OC)c2)cc1Br. The maximum absolute atomic E-state index is 12.2. The number of hydrogen-bond acceptors (Lipinski definition) is 5. The number of rotatable bonds is 6. The van der Waals surface area contributed by atoms with Crippen molar-refractivity contribution in [1.82, 2.24) is 0 Å². The van der Waals surface area contributed by atoms with Crippen LogP contribution in [0.3, 0.4) is 0 Å². The molecule has 0 atom stereocenters. The monoisotopic (exact) mass is 392 g/mol. The second-order valence-corrected chi connectivity index (χ2v) is 5.76. The molecule has 0 N–H and O–H groups in total. The van der Waals surface area contributed by atoms with Crippen LogP contribution in [0.2, 0.25) is 0 Å². The minimum Gasteiger partial charge on any atom is -0.492 e. The van der Waals surface area contributed by atoms with Crippen LogP contribution >= 0.6 is 15.9 Å². The Balaban J connectivity index is 2.12. The molecule has 0 heterocycles. The third kappa shape index (κ3) is 4.58. The fourth-order valence-electron chi connectivity index (χ4n) is 1.93. The molecule has 6 heteroatoms. The number of benzene rings is 2. The smallest absolute Gasteiger partial charge is 0.343 e. The van der Waals surface area contributed by atoms with E-state index < -0.39 is 11.9 Å². The van der Waals surface area contributed by atoms with E-state index in [4.69, 9.17) is 9.47 Å². The first-order chi connectivity index (χ1) is 11.5. The highest BCUT2D eigenvalue weighted by Gasteiger charge is 2.13. The van der Waals surface area contributed by atoms with Gasteiger partial charge in [0, 0.05) is 0 Å². The molecule has 24 heavy (non-hydrogen) atoms. The fraction of sp³-hybridized carbons (Fsp3) is 0.222. The second-order valence-electron chi connectivity index (χ2n) is 4.90. The van der Waals surface area contributed by atoms with E-state index in [1.54, 1.807) is 36.4 Å². The summed E-state index contributed by atoms with van der Waals surface area (Å²) in [5, 5.41) is 0. The van der Waals surface area contributed by atoms with Gasteiger partial charge < -0.3 is 14.2 Å². The highest BCUT2D eigenvalue weighted by atomic mass is 79.9. The van der Waals surface area contributed by atoms with Crippen molar-refractivity contribution in [1.29, 1.82) is 0 Å². The Morgan fingerprint density at radius 3 is 2.46 bits per heavy atom. The van der Waals surface area contributed by atoms with E-state index in [1.807, 2.05) is 6.92 Å². The fourth-order valence-corrected chi connectivity index (χ4v) is 2.42. The summed E-state index contributed by atoms with van der Waals surface area (Å²) < 4.78 is 16.2. The number of carbonyl (C=O) groups is 2. The summed E-state index contributed by atoms with van der Waals surface area (Å²) in [5.41, 5.74) is 0.682. The van der Waals surface area contributed by atoms with Gasteiger partial charge in [0.2, 0.25) is 0 Å². The Hall–Kier alpha value is -2.34. The van der Waals surface area contributed by atoms with Gasteiger partial charge in [0.1, 0.15) is 11.5 Å². The van der Waals surface area contributed by atoms with Crippen molar-refractivity contribution in [3.63, 3.8) is 0 Å². The summed E-state index contributed by atoms with van der Waals surface area (Å²) in [6, 6.07) is 11.2. The average Bonchev–Trinajstić information content (AvgIpc) is 2.60. The van der Waals surface area contributed by atoms with Crippen molar-refractivity contribution in [2.24, 2.45) is 0 Å². The Kier molecular flexibility index (Phi) is 6.37. The quantitative estimate of drug-likeness (QED) is 0.543. The van der Waals surface area contributed by atoms with Gasteiger partial charge in [-0.3, -0.25) is 0 Å². The van der Waals surface area contributed by atoms with E-state index >= 15 is 0 Å². The van der Waals surface area contributed by atoms with E-state index in [0.29, 0.717) is 28.0 Å². The van der Waals surface area contributed by atoms with Crippen LogP contribution in [-0.4, -0.2) is 25.7 Å². The summed E-state index contributed by atoms with van der Waals surface area (Å²) in [7, 11) is 1.29. The first-order valence-electron chi connectivity index (χ1n) is 7.38. The van der Waals surface area contributed by atoms with Gasteiger partial charge in [-0.2, -0.15) is 0 Å². The van der Waals surface area contributed by atoms with Gasteiger partial charge in [-0.05, 0) is 58.7 Å². The van der Waals surface area contributed by atoms with Crippen molar-refractivity contribution < 1.29 is 23.8 Å². The van der Waals surface area contributed by atoms with Crippen molar-refractivity contribution in [3.05, 3.63) is 58.1 Å². The van der Waals surface area contributed by atoms with Crippen LogP contribution in [-0.2, 0) is 4.74 Å². The number of ether oxygens (including phenoxy) is 3. The molecule has 0 spiro atoms. The first-order valence-corrected chi connectivity index (χ1v) is 8.17. The molecule has 0 amide bonds. The Bertz CT molecular complexity index is 742. The van der Waals surface area contributed by atoms with Crippen molar-refractivity contribution >= 4 is 27.9 Å². The minimum atomic E-state index is -0.528. The third-order valence-corrected chi connectivity index (χ3v) is 3.71. The molecule has 0 saturated carbocycles. The number of hydrogen-bond donors (Lipinski definition) is 0. The largest absolute Gasteiger partial charge is 0.492 e. The lowest BCUT2D eigenvalue weighted by Crippen LogP contribution is -2.09. The van der Waals surface area contributed by atoms with Gasteiger partial charge in [-0.25, -0.2) is 9.59 Å². The molecule has 2 aromatic carbocycles. The van der Waals surface area contributed by atoms with Crippen LogP contribution in [0.5, 0.6) is 11.5 Å². The summed E-state index contributed by atoms with van der Waals surface area (Å²) in [4.78, 5) is 23.7. The zero-order chi connectivity index (χ0) is 17.5. The summed E-state index contributed by atoms with van der Waals surface area (Å²) in [5.74, 6) is -0.0840. The molecule has 0 saturated heterocycles. The maximum Gasteiger partial charge on any atom is 0.343 e. The Morgan fingerprint density at radius 2 is 1.79 bits per heavy atom. The molecule has 0 unspecified atom stereocenters. The zero-order valence-electron chi connectivity index (χ0n) is 13.4. The van der Waals surface area contributed by atoms with Crippen molar-refractivity contribution in [2.45, 2.75) is 13.3 Å². The first kappa shape index (κ1) is 18.0. The van der Waals surface area contributed by atoms with Gasteiger partial charge >= 0.3 is 11.9 Å². The molecule has 2 aromatic rings. The van der Waals surface area contributed by atoms with Crippen LogP contribution in [0, 0.1) is 0 Å². The Morgan fingerprint density at radius 1 is 1.04 bits per heavy atom. The lowest BCUT2D eigenvalue weighted by atomic mass is 10.2. The Labute approximate surface area is 148 Å². The highest BCUT2D eigenvalue weighted by Crippen LogP contribution is 2.27. The average molecular weight is 393 g/mol. The van der Waals surface area contributed by atoms with E-state index in [1.165, 1.54) is 13.2 Å². The zero-order valence-corrected chi connectivity index (χ0v) is 15.0. The van der Waals surface area contributed by atoms with E-state index in [-0.39, 0.29) is 5.75 Å². The molecule has 126 valence electrons. The number of methoxy groups -OCH3 is 1. The normalized spacial score (nSPS) is 10.1. The number of carbonyl (C=O) groups excluding carboxylic acids is 2. The van der Waals surface area contributed by atoms with Crippen LogP contribution in [0.25, 0.3) is 0 Å². The molecular weight excluding hydrogens is 376 g/mol. The summed E-state index contributed by atoms with van der Waals surface area (Å²) in [6.45, 7) is 2.62. The minimum absolute atomic E-state index is 0.269. The maximum atomic E-state index is 12.2. The van der Waals surface area contributed by atoms with Gasteiger partial charge in [0.15, 0.2) is 0 Å². The van der Waals surface area contributed by atoms with Gasteiger partial charge in [0.05, 0.1) is 29.3 Å². The molecule has 0 aliphatic heterocycles. The molecule has 0 aliphatic carbocycles. The molecule has 0 fully saturated rings. The summed E-state index contributed by atoms with van der Waals surface area (Å²) >= 11 is 3.38. The molecular formula is C18H17BrO5. The highest BCUT2D eigenvalue weighted by molar-refractivity contribution is 9.10. The molecule has 5 nitrogen and oxygen atoms in total. The molecule has 0 radical (unpaired) electrons. The van der Waals surface area contributed by atoms with Crippen LogP contribution in [0.15, 0.2) is 46.9 Å². The van der Waals surface area contributed by atoms with Crippen LogP contribution < -0.4 is 9.47 Å². The second kappa shape index (κ2) is 8.49. The standard InChI is InChI=1S/C18H17BrO5/c1-3-9-23-16-8-7-13(11-15(16)19)18(21)24-14-6-4-5-12(10-14)17(20)22-2/h4-8,10-11H,3,9H2,1-2H3. The molecule has 0 aromatic heterocycles. The number of halogens is 1. The van der Waals surface area contributed by atoms with E-state index in [2.05, 4.69) is 20.7 Å². The van der Waals surface area contributed by atoms with Gasteiger partial charge in [0.25, 0.3) is 0 Å². The predicted octanol–water partition coefficient (Wildman–Crippen LogP) is 4.24. The van der Waals surface area contributed by atoms with Crippen LogP contribution in [0.1, 0.15) is 34.1 Å². The van der Waals surface area contributed by atoms with Crippen molar-refractivity contribution in [2.75, 3.05) is 13.7 Å². The topological polar surface area (TPSA) is 61.8 Å². The van der Waals surface area contributed by atoms with Crippen LogP contribution in [0.4, 0.5) is 0 Å². The molecule has 0 aliphatic rings. The predicted molar refractivity (Wildman–Crippen MR) is 92.7 cm³/mol. The van der Waals surface area contributed by atoms with E-state index in [0.717, 1.165) is 6.42 Å². The lowest BCUT2D eigenvalue weighted by molar-refractivity contribution is 0.0597. The van der Waals surface area contributed by atoms with Gasteiger partial charge in [-0.15, -0.1) is 0 Å². The van der Waals surface area contributed by atoms with Crippen molar-refractivity contribution in [3.8, 4) is 11.5 Å². The molecule has 0 bridgehead atoms. The lowest BCUT2D eigenvalue weighted by Gasteiger charge is -2.09. The summed E-state index contributed by atoms with van der Waals surface area (Å²) in [6.07, 6.45) is 0.896.